The second-order valence-corrected chi connectivity index (χ2v) is 5.29. The molecule has 1 aromatic heterocycles. The molecule has 0 aliphatic heterocycles. The van der Waals surface area contributed by atoms with E-state index in [1.54, 1.807) is 42.4 Å². The molecule has 0 aliphatic rings. The Balaban J connectivity index is 2.71. The summed E-state index contributed by atoms with van der Waals surface area (Å²) in [6.07, 6.45) is 1.60. The van der Waals surface area contributed by atoms with E-state index < -0.39 is 10.5 Å². The van der Waals surface area contributed by atoms with Gasteiger partial charge in [0.2, 0.25) is 0 Å². The fourth-order valence-electron chi connectivity index (χ4n) is 2.02. The summed E-state index contributed by atoms with van der Waals surface area (Å²) in [5.41, 5.74) is 0.466. The number of hydrogen-bond acceptors (Lipinski definition) is 5. The lowest BCUT2D eigenvalue weighted by Crippen LogP contribution is -2.44. The van der Waals surface area contributed by atoms with Crippen molar-refractivity contribution >= 4 is 22.3 Å². The minimum Gasteiger partial charge on any atom is -0.394 e. The highest BCUT2D eigenvalue weighted by atomic mass is 16.6. The SMILES string of the molecule is CN(c1ccc2ncccc2c1[N+](=O)[O-])C(C)(C)CO. The molecular weight excluding hydrogens is 258 g/mol. The molecule has 6 nitrogen and oxygen atoms in total. The smallest absolute Gasteiger partial charge is 0.301 e. The standard InChI is InChI=1S/C14H17N3O3/c1-14(2,9-18)16(3)12-7-6-11-10(5-4-8-15-11)13(12)17(19)20/h4-8,18H,9H2,1-3H3. The van der Waals surface area contributed by atoms with Crippen molar-refractivity contribution in [3.05, 3.63) is 40.6 Å². The zero-order chi connectivity index (χ0) is 14.9. The normalized spacial score (nSPS) is 11.6. The van der Waals surface area contributed by atoms with Gasteiger partial charge in [-0.1, -0.05) is 0 Å². The topological polar surface area (TPSA) is 79.5 Å². The van der Waals surface area contributed by atoms with Crippen molar-refractivity contribution in [1.29, 1.82) is 0 Å². The van der Waals surface area contributed by atoms with Gasteiger partial charge in [-0.3, -0.25) is 15.1 Å². The third-order valence-electron chi connectivity index (χ3n) is 3.57. The molecule has 1 N–H and O–H groups in total. The molecule has 2 rings (SSSR count). The first kappa shape index (κ1) is 14.2. The van der Waals surface area contributed by atoms with Crippen molar-refractivity contribution in [3.8, 4) is 0 Å². The molecule has 0 radical (unpaired) electrons. The van der Waals surface area contributed by atoms with E-state index in [9.17, 15) is 15.2 Å². The molecule has 0 unspecified atom stereocenters. The monoisotopic (exact) mass is 275 g/mol. The molecule has 0 atom stereocenters. The van der Waals surface area contributed by atoms with Crippen LogP contribution in [0.3, 0.4) is 0 Å². The Morgan fingerprint density at radius 2 is 2.10 bits per heavy atom. The van der Waals surface area contributed by atoms with Gasteiger partial charge in [-0.2, -0.15) is 0 Å². The summed E-state index contributed by atoms with van der Waals surface area (Å²) in [6, 6.07) is 6.78. The van der Waals surface area contributed by atoms with E-state index in [0.717, 1.165) is 0 Å². The first-order valence-corrected chi connectivity index (χ1v) is 6.25. The van der Waals surface area contributed by atoms with Crippen molar-refractivity contribution in [3.63, 3.8) is 0 Å². The highest BCUT2D eigenvalue weighted by molar-refractivity contribution is 5.94. The van der Waals surface area contributed by atoms with Gasteiger partial charge in [-0.15, -0.1) is 0 Å². The maximum Gasteiger partial charge on any atom is 0.301 e. The lowest BCUT2D eigenvalue weighted by molar-refractivity contribution is -0.382. The lowest BCUT2D eigenvalue weighted by atomic mass is 10.0. The maximum absolute atomic E-state index is 11.4. The van der Waals surface area contributed by atoms with Gasteiger partial charge in [0.05, 0.1) is 28.0 Å². The lowest BCUT2D eigenvalue weighted by Gasteiger charge is -2.35. The number of aliphatic hydroxyl groups is 1. The summed E-state index contributed by atoms with van der Waals surface area (Å²) in [5, 5.41) is 21.4. The van der Waals surface area contributed by atoms with Gasteiger partial charge in [0, 0.05) is 13.2 Å². The van der Waals surface area contributed by atoms with Crippen LogP contribution in [-0.4, -0.2) is 34.2 Å². The molecule has 0 saturated carbocycles. The second-order valence-electron chi connectivity index (χ2n) is 5.29. The van der Waals surface area contributed by atoms with Crippen LogP contribution in [0.2, 0.25) is 0 Å². The van der Waals surface area contributed by atoms with Crippen LogP contribution in [-0.2, 0) is 0 Å². The summed E-state index contributed by atoms with van der Waals surface area (Å²) in [4.78, 5) is 16.9. The quantitative estimate of drug-likeness (QED) is 0.684. The van der Waals surface area contributed by atoms with E-state index in [0.29, 0.717) is 16.6 Å². The van der Waals surface area contributed by atoms with Gasteiger partial charge in [0.1, 0.15) is 5.69 Å². The Labute approximate surface area is 116 Å². The molecular formula is C14H17N3O3. The predicted octanol–water partition coefficient (Wildman–Crippen LogP) is 2.35. The zero-order valence-electron chi connectivity index (χ0n) is 11.7. The molecule has 1 heterocycles. The molecule has 1 aromatic carbocycles. The Morgan fingerprint density at radius 1 is 1.40 bits per heavy atom. The summed E-state index contributed by atoms with van der Waals surface area (Å²) in [7, 11) is 1.74. The third-order valence-corrected chi connectivity index (χ3v) is 3.57. The van der Waals surface area contributed by atoms with Crippen molar-refractivity contribution in [1.82, 2.24) is 4.98 Å². The minimum absolute atomic E-state index is 0.0135. The number of nitro benzene ring substituents is 1. The van der Waals surface area contributed by atoms with E-state index >= 15 is 0 Å². The maximum atomic E-state index is 11.4. The molecule has 0 aliphatic carbocycles. The summed E-state index contributed by atoms with van der Waals surface area (Å²) in [6.45, 7) is 3.54. The van der Waals surface area contributed by atoms with Gasteiger partial charge in [0.25, 0.3) is 0 Å². The summed E-state index contributed by atoms with van der Waals surface area (Å²) >= 11 is 0. The Hall–Kier alpha value is -2.21. The number of nitrogens with zero attached hydrogens (tertiary/aromatic N) is 3. The largest absolute Gasteiger partial charge is 0.394 e. The van der Waals surface area contributed by atoms with Crippen molar-refractivity contribution in [2.24, 2.45) is 0 Å². The van der Waals surface area contributed by atoms with Crippen LogP contribution >= 0.6 is 0 Å². The van der Waals surface area contributed by atoms with Crippen molar-refractivity contribution in [2.75, 3.05) is 18.6 Å². The molecule has 0 bridgehead atoms. The molecule has 0 saturated heterocycles. The summed E-state index contributed by atoms with van der Waals surface area (Å²) < 4.78 is 0. The first-order valence-electron chi connectivity index (χ1n) is 6.25. The zero-order valence-corrected chi connectivity index (χ0v) is 11.7. The number of rotatable bonds is 4. The minimum atomic E-state index is -0.597. The van der Waals surface area contributed by atoms with Crippen LogP contribution in [0, 0.1) is 10.1 Å². The fourth-order valence-corrected chi connectivity index (χ4v) is 2.02. The fraction of sp³-hybridized carbons (Fsp3) is 0.357. The van der Waals surface area contributed by atoms with Crippen molar-refractivity contribution in [2.45, 2.75) is 19.4 Å². The average molecular weight is 275 g/mol. The number of hydrogen-bond donors (Lipinski definition) is 1. The third kappa shape index (κ3) is 2.30. The van der Waals surface area contributed by atoms with Crippen LogP contribution in [0.1, 0.15) is 13.8 Å². The van der Waals surface area contributed by atoms with Gasteiger partial charge < -0.3 is 10.0 Å². The molecule has 0 spiro atoms. The van der Waals surface area contributed by atoms with E-state index in [1.807, 2.05) is 13.8 Å². The Kier molecular flexibility index (Phi) is 3.59. The number of anilines is 1. The highest BCUT2D eigenvalue weighted by Crippen LogP contribution is 2.37. The highest BCUT2D eigenvalue weighted by Gasteiger charge is 2.29. The van der Waals surface area contributed by atoms with E-state index in [1.165, 1.54) is 0 Å². The van der Waals surface area contributed by atoms with Crippen LogP contribution in [0.25, 0.3) is 10.9 Å². The van der Waals surface area contributed by atoms with Crippen LogP contribution in [0.4, 0.5) is 11.4 Å². The number of pyridine rings is 1. The number of nitro groups is 1. The molecule has 6 heteroatoms. The molecule has 2 aromatic rings. The number of likely N-dealkylation sites (N-methyl/N-ethyl adjacent to an activating group) is 1. The van der Waals surface area contributed by atoms with Gasteiger partial charge >= 0.3 is 5.69 Å². The molecule has 0 fully saturated rings. The number of benzene rings is 1. The van der Waals surface area contributed by atoms with E-state index in [-0.39, 0.29) is 12.3 Å². The number of aromatic nitrogens is 1. The van der Waals surface area contributed by atoms with Crippen LogP contribution in [0.15, 0.2) is 30.5 Å². The van der Waals surface area contributed by atoms with Crippen molar-refractivity contribution < 1.29 is 10.0 Å². The van der Waals surface area contributed by atoms with Crippen LogP contribution < -0.4 is 4.90 Å². The molecule has 0 amide bonds. The van der Waals surface area contributed by atoms with Crippen LogP contribution in [0.5, 0.6) is 0 Å². The Morgan fingerprint density at radius 3 is 2.70 bits per heavy atom. The van der Waals surface area contributed by atoms with Gasteiger partial charge in [-0.25, -0.2) is 0 Å². The van der Waals surface area contributed by atoms with Gasteiger partial charge in [-0.05, 0) is 38.1 Å². The molecule has 20 heavy (non-hydrogen) atoms. The number of fused-ring (bicyclic) bond motifs is 1. The first-order chi connectivity index (χ1) is 9.38. The predicted molar refractivity (Wildman–Crippen MR) is 78.0 cm³/mol. The Bertz CT molecular complexity index is 655. The molecule has 106 valence electrons. The van der Waals surface area contributed by atoms with Gasteiger partial charge in [0.15, 0.2) is 0 Å². The summed E-state index contributed by atoms with van der Waals surface area (Å²) in [5.74, 6) is 0. The second kappa shape index (κ2) is 5.05. The number of aliphatic hydroxyl groups excluding tert-OH is 1. The average Bonchev–Trinajstić information content (AvgIpc) is 2.44. The van der Waals surface area contributed by atoms with E-state index in [4.69, 9.17) is 0 Å². The van der Waals surface area contributed by atoms with E-state index in [2.05, 4.69) is 4.98 Å².